The van der Waals surface area contributed by atoms with E-state index in [1.165, 1.54) is 6.42 Å². The number of amides is 1. The van der Waals surface area contributed by atoms with Gasteiger partial charge in [-0.3, -0.25) is 4.79 Å². The van der Waals surface area contributed by atoms with Gasteiger partial charge in [0.2, 0.25) is 5.91 Å². The predicted octanol–water partition coefficient (Wildman–Crippen LogP) is 4.87. The van der Waals surface area contributed by atoms with Crippen molar-refractivity contribution in [3.63, 3.8) is 0 Å². The molecule has 1 unspecified atom stereocenters. The van der Waals surface area contributed by atoms with Gasteiger partial charge in [-0.2, -0.15) is 0 Å². The molecule has 25 heavy (non-hydrogen) atoms. The van der Waals surface area contributed by atoms with Gasteiger partial charge in [0.15, 0.2) is 0 Å². The molecule has 0 aliphatic heterocycles. The van der Waals surface area contributed by atoms with Crippen molar-refractivity contribution >= 4 is 5.91 Å². The highest BCUT2D eigenvalue weighted by Gasteiger charge is 2.24. The van der Waals surface area contributed by atoms with Crippen LogP contribution in [0.25, 0.3) is 0 Å². The molecule has 0 saturated heterocycles. The van der Waals surface area contributed by atoms with Gasteiger partial charge in [-0.1, -0.05) is 61.7 Å². The number of benzene rings is 2. The molecule has 0 aromatic heterocycles. The van der Waals surface area contributed by atoms with Crippen LogP contribution in [0.5, 0.6) is 5.75 Å². The van der Waals surface area contributed by atoms with Gasteiger partial charge >= 0.3 is 0 Å². The summed E-state index contributed by atoms with van der Waals surface area (Å²) in [6, 6.07) is 18.1. The first-order valence-electron chi connectivity index (χ1n) is 9.36. The van der Waals surface area contributed by atoms with Crippen LogP contribution in [-0.4, -0.2) is 12.5 Å². The molecule has 1 aliphatic carbocycles. The number of nitrogens with one attached hydrogen (secondary N) is 1. The monoisotopic (exact) mass is 337 g/mol. The molecular weight excluding hydrogens is 310 g/mol. The fourth-order valence-corrected chi connectivity index (χ4v) is 3.55. The van der Waals surface area contributed by atoms with E-state index in [1.54, 1.807) is 0 Å². The molecule has 1 saturated carbocycles. The molecule has 3 heteroatoms. The van der Waals surface area contributed by atoms with Gasteiger partial charge in [0.05, 0.1) is 12.6 Å². The summed E-state index contributed by atoms with van der Waals surface area (Å²) in [5.41, 5.74) is 2.19. The summed E-state index contributed by atoms with van der Waals surface area (Å²) < 4.78 is 5.54. The maximum atomic E-state index is 12.8. The fraction of sp³-hybridized carbons (Fsp3) is 0.409. The second-order valence-electron chi connectivity index (χ2n) is 6.69. The number of carbonyl (C=O) groups is 1. The molecule has 0 heterocycles. The van der Waals surface area contributed by atoms with Gasteiger partial charge in [0.25, 0.3) is 0 Å². The van der Waals surface area contributed by atoms with Gasteiger partial charge in [0, 0.05) is 5.92 Å². The Morgan fingerprint density at radius 3 is 2.28 bits per heavy atom. The molecule has 1 atom stereocenters. The van der Waals surface area contributed by atoms with Crippen molar-refractivity contribution in [2.75, 3.05) is 6.61 Å². The Bertz CT molecular complexity index is 660. The highest BCUT2D eigenvalue weighted by Crippen LogP contribution is 2.28. The number of carbonyl (C=O) groups excluding carboxylic acids is 1. The third-order valence-corrected chi connectivity index (χ3v) is 4.92. The second-order valence-corrected chi connectivity index (χ2v) is 6.69. The third kappa shape index (κ3) is 4.62. The van der Waals surface area contributed by atoms with E-state index in [4.69, 9.17) is 4.74 Å². The van der Waals surface area contributed by atoms with Crippen LogP contribution in [0.15, 0.2) is 54.6 Å². The fourth-order valence-electron chi connectivity index (χ4n) is 3.55. The SMILES string of the molecule is CCOc1ccc(C(NC(=O)C2CCCCC2)c2ccccc2)cc1. The number of hydrogen-bond donors (Lipinski definition) is 1. The molecule has 1 fully saturated rings. The van der Waals surface area contributed by atoms with Gasteiger partial charge in [-0.05, 0) is 43.0 Å². The van der Waals surface area contributed by atoms with E-state index in [0.29, 0.717) is 6.61 Å². The van der Waals surface area contributed by atoms with E-state index in [1.807, 2.05) is 49.4 Å². The molecule has 1 amide bonds. The van der Waals surface area contributed by atoms with Crippen molar-refractivity contribution < 1.29 is 9.53 Å². The van der Waals surface area contributed by atoms with Crippen LogP contribution in [-0.2, 0) is 4.79 Å². The summed E-state index contributed by atoms with van der Waals surface area (Å²) in [5, 5.41) is 3.29. The van der Waals surface area contributed by atoms with Crippen molar-refractivity contribution in [2.45, 2.75) is 45.1 Å². The molecule has 2 aromatic carbocycles. The zero-order chi connectivity index (χ0) is 17.5. The topological polar surface area (TPSA) is 38.3 Å². The minimum absolute atomic E-state index is 0.119. The van der Waals surface area contributed by atoms with Crippen LogP contribution in [0, 0.1) is 5.92 Å². The zero-order valence-corrected chi connectivity index (χ0v) is 14.9. The van der Waals surface area contributed by atoms with Crippen molar-refractivity contribution in [1.29, 1.82) is 0 Å². The Morgan fingerprint density at radius 2 is 1.64 bits per heavy atom. The maximum absolute atomic E-state index is 12.8. The molecule has 3 nitrogen and oxygen atoms in total. The lowest BCUT2D eigenvalue weighted by Crippen LogP contribution is -2.35. The first-order chi connectivity index (χ1) is 12.3. The molecule has 0 bridgehead atoms. The Morgan fingerprint density at radius 1 is 1.00 bits per heavy atom. The Labute approximate surface area is 150 Å². The molecule has 0 spiro atoms. The average Bonchev–Trinajstić information content (AvgIpc) is 2.68. The summed E-state index contributed by atoms with van der Waals surface area (Å²) >= 11 is 0. The second kappa shape index (κ2) is 8.70. The van der Waals surface area contributed by atoms with Crippen molar-refractivity contribution in [1.82, 2.24) is 5.32 Å². The molecule has 0 radical (unpaired) electrons. The molecule has 3 rings (SSSR count). The van der Waals surface area contributed by atoms with Crippen molar-refractivity contribution in [3.05, 3.63) is 65.7 Å². The summed E-state index contributed by atoms with van der Waals surface area (Å²) in [7, 11) is 0. The third-order valence-electron chi connectivity index (χ3n) is 4.92. The average molecular weight is 337 g/mol. The lowest BCUT2D eigenvalue weighted by molar-refractivity contribution is -0.126. The largest absolute Gasteiger partial charge is 0.494 e. The summed E-state index contributed by atoms with van der Waals surface area (Å²) in [5.74, 6) is 1.20. The first-order valence-corrected chi connectivity index (χ1v) is 9.36. The number of hydrogen-bond acceptors (Lipinski definition) is 2. The predicted molar refractivity (Wildman–Crippen MR) is 101 cm³/mol. The standard InChI is InChI=1S/C22H27NO2/c1-2-25-20-15-13-18(14-16-20)21(17-9-5-3-6-10-17)23-22(24)19-11-7-4-8-12-19/h3,5-6,9-10,13-16,19,21H,2,4,7-8,11-12H2,1H3,(H,23,24). The van der Waals surface area contributed by atoms with E-state index in [-0.39, 0.29) is 17.9 Å². The van der Waals surface area contributed by atoms with E-state index in [2.05, 4.69) is 17.4 Å². The van der Waals surface area contributed by atoms with Gasteiger partial charge < -0.3 is 10.1 Å². The van der Waals surface area contributed by atoms with E-state index < -0.39 is 0 Å². The maximum Gasteiger partial charge on any atom is 0.223 e. The summed E-state index contributed by atoms with van der Waals surface area (Å²) in [6.45, 7) is 2.63. The summed E-state index contributed by atoms with van der Waals surface area (Å²) in [6.07, 6.45) is 5.60. The van der Waals surface area contributed by atoms with Crippen LogP contribution in [0.3, 0.4) is 0 Å². The highest BCUT2D eigenvalue weighted by molar-refractivity contribution is 5.79. The van der Waals surface area contributed by atoms with Gasteiger partial charge in [-0.15, -0.1) is 0 Å². The van der Waals surface area contributed by atoms with Gasteiger partial charge in [0.1, 0.15) is 5.75 Å². The summed E-state index contributed by atoms with van der Waals surface area (Å²) in [4.78, 5) is 12.8. The Kier molecular flexibility index (Phi) is 6.10. The Balaban J connectivity index is 1.81. The van der Waals surface area contributed by atoms with E-state index in [0.717, 1.165) is 42.6 Å². The van der Waals surface area contributed by atoms with Crippen LogP contribution < -0.4 is 10.1 Å². The van der Waals surface area contributed by atoms with E-state index >= 15 is 0 Å². The van der Waals surface area contributed by atoms with Crippen molar-refractivity contribution in [3.8, 4) is 5.75 Å². The van der Waals surface area contributed by atoms with Crippen LogP contribution in [0.2, 0.25) is 0 Å². The zero-order valence-electron chi connectivity index (χ0n) is 14.9. The highest BCUT2D eigenvalue weighted by atomic mass is 16.5. The molecule has 132 valence electrons. The molecule has 1 aliphatic rings. The van der Waals surface area contributed by atoms with Crippen LogP contribution in [0.4, 0.5) is 0 Å². The number of rotatable bonds is 6. The number of ether oxygens (including phenoxy) is 1. The molecular formula is C22H27NO2. The first kappa shape index (κ1) is 17.5. The minimum Gasteiger partial charge on any atom is -0.494 e. The Hall–Kier alpha value is -2.29. The van der Waals surface area contributed by atoms with Gasteiger partial charge in [-0.25, -0.2) is 0 Å². The van der Waals surface area contributed by atoms with Crippen molar-refractivity contribution in [2.24, 2.45) is 5.92 Å². The lowest BCUT2D eigenvalue weighted by Gasteiger charge is -2.25. The lowest BCUT2D eigenvalue weighted by atomic mass is 9.88. The van der Waals surface area contributed by atoms with Crippen LogP contribution >= 0.6 is 0 Å². The minimum atomic E-state index is -0.119. The normalized spacial score (nSPS) is 16.2. The van der Waals surface area contributed by atoms with Crippen LogP contribution in [0.1, 0.15) is 56.2 Å². The molecule has 1 N–H and O–H groups in total. The smallest absolute Gasteiger partial charge is 0.223 e. The quantitative estimate of drug-likeness (QED) is 0.816. The van der Waals surface area contributed by atoms with E-state index in [9.17, 15) is 4.79 Å². The molecule has 2 aromatic rings.